The number of nitrogens with one attached hydrogen (secondary N) is 1. The second-order valence-electron chi connectivity index (χ2n) is 6.80. The van der Waals surface area contributed by atoms with Crippen LogP contribution in [0.25, 0.3) is 11.0 Å². The van der Waals surface area contributed by atoms with Crippen LogP contribution in [0.15, 0.2) is 27.4 Å². The number of benzene rings is 1. The lowest BCUT2D eigenvalue weighted by molar-refractivity contribution is -0.122. The molecule has 1 aliphatic carbocycles. The van der Waals surface area contributed by atoms with Gasteiger partial charge in [-0.2, -0.15) is 5.26 Å². The predicted molar refractivity (Wildman–Crippen MR) is 97.0 cm³/mol. The largest absolute Gasteiger partial charge is 0.497 e. The number of rotatable bonds is 5. The molecule has 1 aliphatic rings. The van der Waals surface area contributed by atoms with E-state index in [1.54, 1.807) is 13.2 Å². The Labute approximate surface area is 151 Å². The molecule has 26 heavy (non-hydrogen) atoms. The number of amides is 1. The number of hydrogen-bond acceptors (Lipinski definition) is 5. The summed E-state index contributed by atoms with van der Waals surface area (Å²) in [5.74, 6) is 0.410. The third-order valence-electron chi connectivity index (χ3n) is 5.15. The highest BCUT2D eigenvalue weighted by molar-refractivity contribution is 5.83. The molecule has 0 spiro atoms. The van der Waals surface area contributed by atoms with Crippen LogP contribution in [0, 0.1) is 18.3 Å². The van der Waals surface area contributed by atoms with Crippen molar-refractivity contribution in [3.63, 3.8) is 0 Å². The number of methoxy groups -OCH3 is 1. The molecule has 136 valence electrons. The van der Waals surface area contributed by atoms with Gasteiger partial charge in [0.2, 0.25) is 5.91 Å². The maximum atomic E-state index is 12.3. The Morgan fingerprint density at radius 1 is 1.38 bits per heavy atom. The lowest BCUT2D eigenvalue weighted by Crippen LogP contribution is -2.45. The minimum atomic E-state index is -0.739. The number of fused-ring (bicyclic) bond motifs is 1. The Morgan fingerprint density at radius 3 is 2.77 bits per heavy atom. The number of nitrogens with zero attached hydrogens (tertiary/aromatic N) is 1. The third kappa shape index (κ3) is 3.43. The minimum absolute atomic E-state index is 0.149. The molecule has 1 heterocycles. The number of carbonyl (C=O) groups excluding carboxylic acids is 1. The van der Waals surface area contributed by atoms with E-state index in [0.717, 1.165) is 23.8 Å². The molecule has 6 nitrogen and oxygen atoms in total. The fourth-order valence-corrected chi connectivity index (χ4v) is 3.60. The molecule has 0 unspecified atom stereocenters. The van der Waals surface area contributed by atoms with E-state index >= 15 is 0 Å². The molecule has 2 aromatic rings. The van der Waals surface area contributed by atoms with Gasteiger partial charge in [-0.15, -0.1) is 0 Å². The van der Waals surface area contributed by atoms with Gasteiger partial charge in [-0.1, -0.05) is 0 Å². The van der Waals surface area contributed by atoms with Crippen molar-refractivity contribution in [2.75, 3.05) is 7.11 Å². The van der Waals surface area contributed by atoms with Gasteiger partial charge in [-0.05, 0) is 56.7 Å². The van der Waals surface area contributed by atoms with Crippen LogP contribution >= 0.6 is 0 Å². The normalized spacial score (nSPS) is 15.6. The van der Waals surface area contributed by atoms with Gasteiger partial charge >= 0.3 is 5.63 Å². The van der Waals surface area contributed by atoms with Crippen LogP contribution < -0.4 is 15.7 Å². The zero-order valence-corrected chi connectivity index (χ0v) is 15.1. The molecule has 0 saturated heterocycles. The van der Waals surface area contributed by atoms with Crippen molar-refractivity contribution in [3.05, 3.63) is 39.7 Å². The Morgan fingerprint density at radius 2 is 2.12 bits per heavy atom. The quantitative estimate of drug-likeness (QED) is 0.833. The molecule has 0 atom stereocenters. The number of carbonyl (C=O) groups is 1. The molecule has 1 aromatic carbocycles. The third-order valence-corrected chi connectivity index (χ3v) is 5.15. The average Bonchev–Trinajstić information content (AvgIpc) is 3.09. The highest BCUT2D eigenvalue weighted by Crippen LogP contribution is 2.29. The van der Waals surface area contributed by atoms with Crippen LogP contribution in [-0.2, 0) is 11.2 Å². The topological polar surface area (TPSA) is 92.3 Å². The lowest BCUT2D eigenvalue weighted by Gasteiger charge is -2.22. The Hall–Kier alpha value is -2.81. The Balaban J connectivity index is 1.77. The summed E-state index contributed by atoms with van der Waals surface area (Å²) in [6.45, 7) is 1.85. The Kier molecular flexibility index (Phi) is 4.99. The van der Waals surface area contributed by atoms with Gasteiger partial charge in [0.25, 0.3) is 0 Å². The summed E-state index contributed by atoms with van der Waals surface area (Å²) < 4.78 is 10.6. The van der Waals surface area contributed by atoms with Crippen LogP contribution in [0.1, 0.15) is 43.2 Å². The summed E-state index contributed by atoms with van der Waals surface area (Å²) in [4.78, 5) is 24.6. The molecule has 0 radical (unpaired) electrons. The van der Waals surface area contributed by atoms with Gasteiger partial charge in [0.15, 0.2) is 0 Å². The van der Waals surface area contributed by atoms with E-state index in [1.807, 2.05) is 19.1 Å². The summed E-state index contributed by atoms with van der Waals surface area (Å²) in [6.07, 6.45) is 3.71. The van der Waals surface area contributed by atoms with Crippen molar-refractivity contribution < 1.29 is 13.9 Å². The summed E-state index contributed by atoms with van der Waals surface area (Å²) in [5.41, 5.74) is 0.593. The molecule has 3 rings (SSSR count). The molecular formula is C20H22N2O4. The van der Waals surface area contributed by atoms with Crippen molar-refractivity contribution in [3.8, 4) is 11.8 Å². The maximum absolute atomic E-state index is 12.3. The fourth-order valence-electron chi connectivity index (χ4n) is 3.60. The van der Waals surface area contributed by atoms with Gasteiger partial charge in [-0.3, -0.25) is 4.79 Å². The standard InChI is InChI=1S/C20H22N2O4/c1-13-15-6-5-14(25-2)11-17(15)26-19(24)16(13)7-8-18(23)22-20(12-21)9-3-4-10-20/h5-6,11H,3-4,7-10H2,1-2H3,(H,22,23). The first-order valence-electron chi connectivity index (χ1n) is 8.80. The zero-order chi connectivity index (χ0) is 18.7. The van der Waals surface area contributed by atoms with Crippen molar-refractivity contribution in [2.45, 2.75) is 51.0 Å². The van der Waals surface area contributed by atoms with Gasteiger partial charge < -0.3 is 14.5 Å². The summed E-state index contributed by atoms with van der Waals surface area (Å²) in [6, 6.07) is 7.57. The van der Waals surface area contributed by atoms with Crippen molar-refractivity contribution in [1.82, 2.24) is 5.32 Å². The van der Waals surface area contributed by atoms with Gasteiger partial charge in [0.05, 0.1) is 13.2 Å². The van der Waals surface area contributed by atoms with E-state index in [2.05, 4.69) is 11.4 Å². The highest BCUT2D eigenvalue weighted by atomic mass is 16.5. The molecule has 1 saturated carbocycles. The summed E-state index contributed by atoms with van der Waals surface area (Å²) in [7, 11) is 1.55. The summed E-state index contributed by atoms with van der Waals surface area (Å²) in [5, 5.41) is 13.0. The SMILES string of the molecule is COc1ccc2c(C)c(CCC(=O)NC3(C#N)CCCC3)c(=O)oc2c1. The number of hydrogen-bond donors (Lipinski definition) is 1. The molecule has 1 N–H and O–H groups in total. The molecule has 1 aromatic heterocycles. The van der Waals surface area contributed by atoms with Crippen LogP contribution in [0.2, 0.25) is 0 Å². The van der Waals surface area contributed by atoms with Gasteiger partial charge in [-0.25, -0.2) is 4.79 Å². The maximum Gasteiger partial charge on any atom is 0.339 e. The average molecular weight is 354 g/mol. The molecule has 1 fully saturated rings. The van der Waals surface area contributed by atoms with Crippen LogP contribution in [0.5, 0.6) is 5.75 Å². The van der Waals surface area contributed by atoms with Crippen LogP contribution in [-0.4, -0.2) is 18.6 Å². The molecule has 0 aliphatic heterocycles. The minimum Gasteiger partial charge on any atom is -0.497 e. The molecular weight excluding hydrogens is 332 g/mol. The first-order valence-corrected chi connectivity index (χ1v) is 8.80. The van der Waals surface area contributed by atoms with E-state index in [1.165, 1.54) is 0 Å². The van der Waals surface area contributed by atoms with Crippen LogP contribution in [0.4, 0.5) is 0 Å². The van der Waals surface area contributed by atoms with Gasteiger partial charge in [0.1, 0.15) is 16.9 Å². The highest BCUT2D eigenvalue weighted by Gasteiger charge is 2.35. The molecule has 6 heteroatoms. The second kappa shape index (κ2) is 7.20. The van der Waals surface area contributed by atoms with E-state index in [9.17, 15) is 14.9 Å². The van der Waals surface area contributed by atoms with E-state index in [-0.39, 0.29) is 18.7 Å². The van der Waals surface area contributed by atoms with Crippen molar-refractivity contribution in [2.24, 2.45) is 0 Å². The molecule has 1 amide bonds. The van der Waals surface area contributed by atoms with E-state index < -0.39 is 11.2 Å². The number of aryl methyl sites for hydroxylation is 1. The van der Waals surface area contributed by atoms with Gasteiger partial charge in [0, 0.05) is 23.4 Å². The number of nitriles is 1. The van der Waals surface area contributed by atoms with E-state index in [4.69, 9.17) is 9.15 Å². The summed E-state index contributed by atoms with van der Waals surface area (Å²) >= 11 is 0. The van der Waals surface area contributed by atoms with Crippen molar-refractivity contribution in [1.29, 1.82) is 5.26 Å². The molecule has 0 bridgehead atoms. The smallest absolute Gasteiger partial charge is 0.339 e. The van der Waals surface area contributed by atoms with Crippen molar-refractivity contribution >= 4 is 16.9 Å². The lowest BCUT2D eigenvalue weighted by atomic mass is 9.98. The van der Waals surface area contributed by atoms with E-state index in [0.29, 0.717) is 29.7 Å². The second-order valence-corrected chi connectivity index (χ2v) is 6.80. The Bertz CT molecular complexity index is 933. The predicted octanol–water partition coefficient (Wildman–Crippen LogP) is 3.00. The monoisotopic (exact) mass is 354 g/mol. The van der Waals surface area contributed by atoms with Crippen LogP contribution in [0.3, 0.4) is 0 Å². The number of ether oxygens (including phenoxy) is 1. The fraction of sp³-hybridized carbons (Fsp3) is 0.450. The first-order chi connectivity index (χ1) is 12.5. The first kappa shape index (κ1) is 18.0. The zero-order valence-electron chi connectivity index (χ0n) is 15.1.